The van der Waals surface area contributed by atoms with Crippen LogP contribution in [0, 0.1) is 17.0 Å². The van der Waals surface area contributed by atoms with Crippen LogP contribution in [0.4, 0.5) is 11.4 Å². The fourth-order valence-corrected chi connectivity index (χ4v) is 1.55. The van der Waals surface area contributed by atoms with Gasteiger partial charge in [0.15, 0.2) is 0 Å². The summed E-state index contributed by atoms with van der Waals surface area (Å²) in [7, 11) is 0. The predicted octanol–water partition coefficient (Wildman–Crippen LogP) is 1.84. The molecule has 18 heavy (non-hydrogen) atoms. The van der Waals surface area contributed by atoms with E-state index >= 15 is 0 Å². The molecule has 1 aromatic carbocycles. The van der Waals surface area contributed by atoms with Gasteiger partial charge < -0.3 is 10.6 Å². The summed E-state index contributed by atoms with van der Waals surface area (Å²) in [4.78, 5) is 22.0. The van der Waals surface area contributed by atoms with Crippen molar-refractivity contribution < 1.29 is 9.72 Å². The first-order chi connectivity index (χ1) is 8.45. The van der Waals surface area contributed by atoms with Crippen LogP contribution in [0.5, 0.6) is 0 Å². The Morgan fingerprint density at radius 1 is 1.50 bits per heavy atom. The van der Waals surface area contributed by atoms with Crippen LogP contribution in [0.2, 0.25) is 0 Å². The smallest absolute Gasteiger partial charge is 0.292 e. The molecule has 1 amide bonds. The first-order valence-electron chi connectivity index (χ1n) is 5.75. The Kier molecular flexibility index (Phi) is 4.65. The Morgan fingerprint density at radius 2 is 2.17 bits per heavy atom. The molecule has 2 N–H and O–H groups in total. The molecule has 0 fully saturated rings. The number of carbonyl (C=O) groups is 1. The van der Waals surface area contributed by atoms with E-state index in [9.17, 15) is 14.9 Å². The van der Waals surface area contributed by atoms with E-state index in [-0.39, 0.29) is 11.6 Å². The van der Waals surface area contributed by atoms with Crippen molar-refractivity contribution in [3.05, 3.63) is 33.9 Å². The van der Waals surface area contributed by atoms with E-state index in [2.05, 4.69) is 10.6 Å². The molecule has 0 aliphatic rings. The van der Waals surface area contributed by atoms with Crippen LogP contribution in [0.15, 0.2) is 18.2 Å². The number of nitrogens with one attached hydrogen (secondary N) is 2. The average Bonchev–Trinajstić information content (AvgIpc) is 2.28. The fraction of sp³-hybridized carbons (Fsp3) is 0.417. The summed E-state index contributed by atoms with van der Waals surface area (Å²) >= 11 is 0. The molecule has 1 aromatic rings. The highest BCUT2D eigenvalue weighted by atomic mass is 16.6. The summed E-state index contributed by atoms with van der Waals surface area (Å²) in [6.45, 7) is 5.85. The Labute approximate surface area is 106 Å². The van der Waals surface area contributed by atoms with E-state index in [0.717, 1.165) is 5.56 Å². The van der Waals surface area contributed by atoms with Crippen molar-refractivity contribution in [3.63, 3.8) is 0 Å². The average molecular weight is 251 g/mol. The SMILES string of the molecule is CCNC(=O)C(C)Nc1cc(C)ccc1[N+](=O)[O-]. The molecule has 0 saturated carbocycles. The normalized spacial score (nSPS) is 11.7. The lowest BCUT2D eigenvalue weighted by Crippen LogP contribution is -2.37. The summed E-state index contributed by atoms with van der Waals surface area (Å²) < 4.78 is 0. The molecular weight excluding hydrogens is 234 g/mol. The van der Waals surface area contributed by atoms with Gasteiger partial charge in [-0.2, -0.15) is 0 Å². The Bertz CT molecular complexity index is 460. The van der Waals surface area contributed by atoms with E-state index in [1.165, 1.54) is 6.07 Å². The lowest BCUT2D eigenvalue weighted by atomic mass is 10.1. The highest BCUT2D eigenvalue weighted by molar-refractivity contribution is 5.85. The molecule has 0 spiro atoms. The van der Waals surface area contributed by atoms with Gasteiger partial charge in [0.1, 0.15) is 11.7 Å². The molecule has 0 heterocycles. The number of carbonyl (C=O) groups excluding carboxylic acids is 1. The van der Waals surface area contributed by atoms with Gasteiger partial charge in [0.05, 0.1) is 4.92 Å². The van der Waals surface area contributed by atoms with Crippen LogP contribution in [-0.2, 0) is 4.79 Å². The zero-order chi connectivity index (χ0) is 13.7. The number of benzene rings is 1. The van der Waals surface area contributed by atoms with Crippen LogP contribution in [0.25, 0.3) is 0 Å². The molecule has 1 rings (SSSR count). The van der Waals surface area contributed by atoms with Crippen LogP contribution < -0.4 is 10.6 Å². The number of nitro benzene ring substituents is 1. The number of hydrogen-bond donors (Lipinski definition) is 2. The molecule has 0 aromatic heterocycles. The van der Waals surface area contributed by atoms with Crippen LogP contribution in [0.1, 0.15) is 19.4 Å². The number of nitrogens with zero attached hydrogens (tertiary/aromatic N) is 1. The van der Waals surface area contributed by atoms with Crippen molar-refractivity contribution in [1.29, 1.82) is 0 Å². The Morgan fingerprint density at radius 3 is 2.72 bits per heavy atom. The third-order valence-corrected chi connectivity index (χ3v) is 2.47. The van der Waals surface area contributed by atoms with Crippen LogP contribution in [0.3, 0.4) is 0 Å². The number of aryl methyl sites for hydroxylation is 1. The molecular formula is C12H17N3O3. The second-order valence-corrected chi connectivity index (χ2v) is 4.04. The third-order valence-electron chi connectivity index (χ3n) is 2.47. The second-order valence-electron chi connectivity index (χ2n) is 4.04. The molecule has 0 bridgehead atoms. The van der Waals surface area contributed by atoms with Crippen molar-refractivity contribution >= 4 is 17.3 Å². The molecule has 98 valence electrons. The molecule has 0 saturated heterocycles. The maximum absolute atomic E-state index is 11.6. The number of nitro groups is 1. The van der Waals surface area contributed by atoms with Gasteiger partial charge in [0, 0.05) is 12.6 Å². The maximum Gasteiger partial charge on any atom is 0.292 e. The lowest BCUT2D eigenvalue weighted by molar-refractivity contribution is -0.384. The minimum absolute atomic E-state index is 0.0308. The minimum Gasteiger partial charge on any atom is -0.368 e. The van der Waals surface area contributed by atoms with Crippen molar-refractivity contribution in [2.75, 3.05) is 11.9 Å². The summed E-state index contributed by atoms with van der Waals surface area (Å²) in [5.41, 5.74) is 1.22. The first-order valence-corrected chi connectivity index (χ1v) is 5.75. The van der Waals surface area contributed by atoms with Gasteiger partial charge in [0.25, 0.3) is 5.69 Å². The zero-order valence-corrected chi connectivity index (χ0v) is 10.7. The summed E-state index contributed by atoms with van der Waals surface area (Å²) in [6.07, 6.45) is 0. The minimum atomic E-state index is -0.523. The topological polar surface area (TPSA) is 84.3 Å². The van der Waals surface area contributed by atoms with Crippen LogP contribution in [-0.4, -0.2) is 23.4 Å². The van der Waals surface area contributed by atoms with Gasteiger partial charge in [-0.1, -0.05) is 6.07 Å². The molecule has 0 radical (unpaired) electrons. The first kappa shape index (κ1) is 14.0. The van der Waals surface area contributed by atoms with Crippen molar-refractivity contribution in [1.82, 2.24) is 5.32 Å². The summed E-state index contributed by atoms with van der Waals surface area (Å²) in [6, 6.07) is 4.24. The second kappa shape index (κ2) is 6.00. The van der Waals surface area contributed by atoms with E-state index in [4.69, 9.17) is 0 Å². The Hall–Kier alpha value is -2.11. The summed E-state index contributed by atoms with van der Waals surface area (Å²) in [5, 5.41) is 16.4. The fourth-order valence-electron chi connectivity index (χ4n) is 1.55. The monoisotopic (exact) mass is 251 g/mol. The van der Waals surface area contributed by atoms with Crippen molar-refractivity contribution in [2.45, 2.75) is 26.8 Å². The largest absolute Gasteiger partial charge is 0.368 e. The van der Waals surface area contributed by atoms with Crippen LogP contribution >= 0.6 is 0 Å². The van der Waals surface area contributed by atoms with E-state index in [0.29, 0.717) is 12.2 Å². The quantitative estimate of drug-likeness (QED) is 0.617. The van der Waals surface area contributed by atoms with E-state index < -0.39 is 11.0 Å². The van der Waals surface area contributed by atoms with Gasteiger partial charge in [-0.3, -0.25) is 14.9 Å². The molecule has 0 aliphatic heterocycles. The standard InChI is InChI=1S/C12H17N3O3/c1-4-13-12(16)9(3)14-10-7-8(2)5-6-11(10)15(17)18/h5-7,9,14H,4H2,1-3H3,(H,13,16). The molecule has 1 unspecified atom stereocenters. The zero-order valence-electron chi connectivity index (χ0n) is 10.7. The van der Waals surface area contributed by atoms with Crippen molar-refractivity contribution in [2.24, 2.45) is 0 Å². The maximum atomic E-state index is 11.6. The number of hydrogen-bond acceptors (Lipinski definition) is 4. The van der Waals surface area contributed by atoms with Crippen molar-refractivity contribution in [3.8, 4) is 0 Å². The molecule has 6 heteroatoms. The number of likely N-dealkylation sites (N-methyl/N-ethyl adjacent to an activating group) is 1. The highest BCUT2D eigenvalue weighted by Gasteiger charge is 2.18. The third kappa shape index (κ3) is 3.44. The molecule has 0 aliphatic carbocycles. The molecule has 1 atom stereocenters. The van der Waals surface area contributed by atoms with E-state index in [1.807, 2.05) is 13.8 Å². The van der Waals surface area contributed by atoms with E-state index in [1.54, 1.807) is 19.1 Å². The van der Waals surface area contributed by atoms with Gasteiger partial charge in [-0.15, -0.1) is 0 Å². The number of anilines is 1. The molecule has 6 nitrogen and oxygen atoms in total. The van der Waals surface area contributed by atoms with Gasteiger partial charge in [0.2, 0.25) is 5.91 Å². The number of rotatable bonds is 5. The predicted molar refractivity (Wildman–Crippen MR) is 69.6 cm³/mol. The van der Waals surface area contributed by atoms with Gasteiger partial charge in [-0.25, -0.2) is 0 Å². The number of amides is 1. The van der Waals surface area contributed by atoms with Gasteiger partial charge >= 0.3 is 0 Å². The highest BCUT2D eigenvalue weighted by Crippen LogP contribution is 2.25. The van der Waals surface area contributed by atoms with Gasteiger partial charge in [-0.05, 0) is 32.4 Å². The Balaban J connectivity index is 2.92. The lowest BCUT2D eigenvalue weighted by Gasteiger charge is -2.15. The summed E-state index contributed by atoms with van der Waals surface area (Å²) in [5.74, 6) is -0.187.